The lowest BCUT2D eigenvalue weighted by Crippen LogP contribution is -2.28. The van der Waals surface area contributed by atoms with Crippen LogP contribution in [0.1, 0.15) is 19.4 Å². The third kappa shape index (κ3) is 3.34. The predicted molar refractivity (Wildman–Crippen MR) is 85.4 cm³/mol. The molecular formula is C17H22N2O2. The van der Waals surface area contributed by atoms with Crippen molar-refractivity contribution < 1.29 is 4.74 Å². The number of pyridine rings is 1. The normalized spacial score (nSPS) is 10.9. The number of rotatable bonds is 5. The Bertz CT molecular complexity index is 657. The van der Waals surface area contributed by atoms with Crippen LogP contribution in [-0.4, -0.2) is 11.7 Å². The first-order chi connectivity index (χ1) is 10.1. The third-order valence-electron chi connectivity index (χ3n) is 3.41. The smallest absolute Gasteiger partial charge is 0.255 e. The summed E-state index contributed by atoms with van der Waals surface area (Å²) in [6.07, 6.45) is 0. The molecule has 2 N–H and O–H groups in total. The van der Waals surface area contributed by atoms with E-state index in [-0.39, 0.29) is 12.1 Å². The second-order valence-electron chi connectivity index (χ2n) is 5.49. The van der Waals surface area contributed by atoms with E-state index >= 15 is 0 Å². The quantitative estimate of drug-likeness (QED) is 0.919. The largest absolute Gasteiger partial charge is 0.497 e. The standard InChI is InChI=1S/C17H22N2O2/c1-12(2)11-19-16(9-6-14(10-18)17(19)20)13-4-7-15(21-3)8-5-13/h4-9,12H,10-11,18H2,1-3H3. The fourth-order valence-electron chi connectivity index (χ4n) is 2.34. The molecule has 21 heavy (non-hydrogen) atoms. The Hall–Kier alpha value is -2.07. The van der Waals surface area contributed by atoms with E-state index in [1.54, 1.807) is 7.11 Å². The number of hydrogen-bond acceptors (Lipinski definition) is 3. The van der Waals surface area contributed by atoms with Crippen molar-refractivity contribution in [3.63, 3.8) is 0 Å². The maximum atomic E-state index is 12.5. The van der Waals surface area contributed by atoms with Gasteiger partial charge in [0.15, 0.2) is 0 Å². The van der Waals surface area contributed by atoms with Crippen LogP contribution < -0.4 is 16.0 Å². The molecule has 0 fully saturated rings. The second kappa shape index (κ2) is 6.59. The summed E-state index contributed by atoms with van der Waals surface area (Å²) in [6, 6.07) is 11.5. The monoisotopic (exact) mass is 286 g/mol. The molecule has 0 radical (unpaired) electrons. The fourth-order valence-corrected chi connectivity index (χ4v) is 2.34. The maximum absolute atomic E-state index is 12.5. The third-order valence-corrected chi connectivity index (χ3v) is 3.41. The molecule has 2 aromatic rings. The molecule has 0 aliphatic heterocycles. The number of methoxy groups -OCH3 is 1. The Morgan fingerprint density at radius 3 is 2.33 bits per heavy atom. The minimum absolute atomic E-state index is 0.000446. The molecule has 0 aliphatic rings. The molecular weight excluding hydrogens is 264 g/mol. The van der Waals surface area contributed by atoms with Gasteiger partial charge in [0, 0.05) is 18.7 Å². The van der Waals surface area contributed by atoms with Crippen molar-refractivity contribution >= 4 is 0 Å². The first-order valence-corrected chi connectivity index (χ1v) is 7.14. The lowest BCUT2D eigenvalue weighted by molar-refractivity contribution is 0.415. The van der Waals surface area contributed by atoms with Crippen molar-refractivity contribution in [2.75, 3.05) is 7.11 Å². The van der Waals surface area contributed by atoms with Crippen LogP contribution in [0, 0.1) is 5.92 Å². The molecule has 0 bridgehead atoms. The van der Waals surface area contributed by atoms with Crippen molar-refractivity contribution in [3.05, 3.63) is 52.3 Å². The molecule has 4 nitrogen and oxygen atoms in total. The van der Waals surface area contributed by atoms with Crippen LogP contribution in [0.3, 0.4) is 0 Å². The number of ether oxygens (including phenoxy) is 1. The lowest BCUT2D eigenvalue weighted by Gasteiger charge is -2.16. The zero-order valence-corrected chi connectivity index (χ0v) is 12.8. The number of nitrogens with two attached hydrogens (primary N) is 1. The molecule has 0 saturated carbocycles. The summed E-state index contributed by atoms with van der Waals surface area (Å²) in [5.74, 6) is 1.18. The molecule has 2 rings (SSSR count). The molecule has 1 aromatic heterocycles. The van der Waals surface area contributed by atoms with E-state index < -0.39 is 0 Å². The molecule has 0 saturated heterocycles. The minimum atomic E-state index is -0.000446. The van der Waals surface area contributed by atoms with E-state index in [0.29, 0.717) is 18.0 Å². The Morgan fingerprint density at radius 1 is 1.14 bits per heavy atom. The topological polar surface area (TPSA) is 57.2 Å². The first kappa shape index (κ1) is 15.3. The second-order valence-corrected chi connectivity index (χ2v) is 5.49. The van der Waals surface area contributed by atoms with E-state index in [0.717, 1.165) is 17.0 Å². The summed E-state index contributed by atoms with van der Waals surface area (Å²) >= 11 is 0. The SMILES string of the molecule is COc1ccc(-c2ccc(CN)c(=O)n2CC(C)C)cc1. The van der Waals surface area contributed by atoms with E-state index in [4.69, 9.17) is 10.5 Å². The van der Waals surface area contributed by atoms with E-state index in [1.165, 1.54) is 0 Å². The Kier molecular flexibility index (Phi) is 4.81. The van der Waals surface area contributed by atoms with Gasteiger partial charge in [-0.3, -0.25) is 4.79 Å². The van der Waals surface area contributed by atoms with E-state index in [1.807, 2.05) is 41.0 Å². The number of aromatic nitrogens is 1. The molecule has 0 unspecified atom stereocenters. The van der Waals surface area contributed by atoms with Gasteiger partial charge in [-0.1, -0.05) is 19.9 Å². The fraction of sp³-hybridized carbons (Fsp3) is 0.353. The Labute approximate surface area is 125 Å². The van der Waals surface area contributed by atoms with Gasteiger partial charge in [0.05, 0.1) is 12.8 Å². The first-order valence-electron chi connectivity index (χ1n) is 7.14. The highest BCUT2D eigenvalue weighted by Crippen LogP contribution is 2.22. The summed E-state index contributed by atoms with van der Waals surface area (Å²) in [6.45, 7) is 5.13. The molecule has 112 valence electrons. The van der Waals surface area contributed by atoms with Crippen molar-refractivity contribution in [1.29, 1.82) is 0 Å². The highest BCUT2D eigenvalue weighted by atomic mass is 16.5. The van der Waals surface area contributed by atoms with E-state index in [9.17, 15) is 4.79 Å². The Balaban J connectivity index is 2.55. The van der Waals surface area contributed by atoms with Gasteiger partial charge < -0.3 is 15.0 Å². The maximum Gasteiger partial charge on any atom is 0.255 e. The van der Waals surface area contributed by atoms with Gasteiger partial charge in [-0.2, -0.15) is 0 Å². The van der Waals surface area contributed by atoms with Gasteiger partial charge in [-0.25, -0.2) is 0 Å². The van der Waals surface area contributed by atoms with Gasteiger partial charge in [-0.15, -0.1) is 0 Å². The average Bonchev–Trinajstić information content (AvgIpc) is 2.49. The van der Waals surface area contributed by atoms with E-state index in [2.05, 4.69) is 13.8 Å². The predicted octanol–water partition coefficient (Wildman–Crippen LogP) is 2.64. The van der Waals surface area contributed by atoms with Crippen LogP contribution in [0.2, 0.25) is 0 Å². The minimum Gasteiger partial charge on any atom is -0.497 e. The zero-order chi connectivity index (χ0) is 15.4. The zero-order valence-electron chi connectivity index (χ0n) is 12.8. The molecule has 1 heterocycles. The van der Waals surface area contributed by atoms with Gasteiger partial charge in [0.25, 0.3) is 5.56 Å². The van der Waals surface area contributed by atoms with Crippen LogP contribution in [0.25, 0.3) is 11.3 Å². The molecule has 0 aliphatic carbocycles. The lowest BCUT2D eigenvalue weighted by atomic mass is 10.1. The molecule has 0 spiro atoms. The van der Waals surface area contributed by atoms with Gasteiger partial charge >= 0.3 is 0 Å². The number of nitrogens with zero attached hydrogens (tertiary/aromatic N) is 1. The Morgan fingerprint density at radius 2 is 1.81 bits per heavy atom. The van der Waals surface area contributed by atoms with Crippen LogP contribution >= 0.6 is 0 Å². The van der Waals surface area contributed by atoms with Crippen LogP contribution in [0.4, 0.5) is 0 Å². The van der Waals surface area contributed by atoms with Crippen molar-refractivity contribution in [2.24, 2.45) is 11.7 Å². The van der Waals surface area contributed by atoms with Crippen molar-refractivity contribution in [3.8, 4) is 17.0 Å². The molecule has 1 aromatic carbocycles. The average molecular weight is 286 g/mol. The van der Waals surface area contributed by atoms with Gasteiger partial charge in [-0.05, 0) is 41.8 Å². The molecule has 0 atom stereocenters. The summed E-state index contributed by atoms with van der Waals surface area (Å²) < 4.78 is 6.99. The summed E-state index contributed by atoms with van der Waals surface area (Å²) in [7, 11) is 1.64. The van der Waals surface area contributed by atoms with Gasteiger partial charge in [0.1, 0.15) is 5.75 Å². The summed E-state index contributed by atoms with van der Waals surface area (Å²) in [5, 5.41) is 0. The number of hydrogen-bond donors (Lipinski definition) is 1. The summed E-state index contributed by atoms with van der Waals surface area (Å²) in [5.41, 5.74) is 8.20. The van der Waals surface area contributed by atoms with Crippen LogP contribution in [0.15, 0.2) is 41.2 Å². The molecule has 0 amide bonds. The highest BCUT2D eigenvalue weighted by molar-refractivity contribution is 5.61. The summed E-state index contributed by atoms with van der Waals surface area (Å²) in [4.78, 5) is 12.5. The molecule has 4 heteroatoms. The number of benzene rings is 1. The van der Waals surface area contributed by atoms with Crippen molar-refractivity contribution in [2.45, 2.75) is 26.9 Å². The van der Waals surface area contributed by atoms with Gasteiger partial charge in [0.2, 0.25) is 0 Å². The van der Waals surface area contributed by atoms with Crippen LogP contribution in [0.5, 0.6) is 5.75 Å². The van der Waals surface area contributed by atoms with Crippen LogP contribution in [-0.2, 0) is 13.1 Å². The van der Waals surface area contributed by atoms with Crippen molar-refractivity contribution in [1.82, 2.24) is 4.57 Å². The highest BCUT2D eigenvalue weighted by Gasteiger charge is 2.11.